The zero-order valence-corrected chi connectivity index (χ0v) is 11.7. The number of rotatable bonds is 4. The molecule has 0 saturated carbocycles. The average Bonchev–Trinajstić information content (AvgIpc) is 2.51. The minimum absolute atomic E-state index is 0.0480. The van der Waals surface area contributed by atoms with Crippen LogP contribution in [0, 0.1) is 17.2 Å². The summed E-state index contributed by atoms with van der Waals surface area (Å²) in [7, 11) is 0. The molecule has 1 aromatic carbocycles. The van der Waals surface area contributed by atoms with Crippen LogP contribution in [0.3, 0.4) is 0 Å². The van der Waals surface area contributed by atoms with Gasteiger partial charge in [-0.2, -0.15) is 5.26 Å². The fraction of sp³-hybridized carbons (Fsp3) is 0.312. The summed E-state index contributed by atoms with van der Waals surface area (Å²) in [6.07, 6.45) is 1.65. The molecule has 0 aliphatic heterocycles. The molecule has 4 heteroatoms. The fourth-order valence-corrected chi connectivity index (χ4v) is 2.18. The Morgan fingerprint density at radius 2 is 2.15 bits per heavy atom. The lowest BCUT2D eigenvalue weighted by Gasteiger charge is -2.22. The van der Waals surface area contributed by atoms with Crippen LogP contribution in [0.15, 0.2) is 36.5 Å². The van der Waals surface area contributed by atoms with Crippen LogP contribution >= 0.6 is 0 Å². The molecule has 0 N–H and O–H groups in total. The highest BCUT2D eigenvalue weighted by Crippen LogP contribution is 2.18. The van der Waals surface area contributed by atoms with Gasteiger partial charge in [-0.15, -0.1) is 0 Å². The number of aromatic nitrogens is 1. The van der Waals surface area contributed by atoms with Crippen LogP contribution in [-0.2, 0) is 0 Å². The monoisotopic (exact) mass is 267 g/mol. The second kappa shape index (κ2) is 6.16. The second-order valence-corrected chi connectivity index (χ2v) is 4.75. The third kappa shape index (κ3) is 2.77. The molecule has 0 aliphatic rings. The van der Waals surface area contributed by atoms with Crippen LogP contribution < -0.4 is 0 Å². The van der Waals surface area contributed by atoms with Gasteiger partial charge in [-0.1, -0.05) is 18.2 Å². The van der Waals surface area contributed by atoms with E-state index in [1.54, 1.807) is 17.2 Å². The molecule has 0 spiro atoms. The first kappa shape index (κ1) is 14.0. The number of pyridine rings is 1. The predicted molar refractivity (Wildman–Crippen MR) is 78.1 cm³/mol. The van der Waals surface area contributed by atoms with Crippen LogP contribution in [0.5, 0.6) is 0 Å². The van der Waals surface area contributed by atoms with Crippen LogP contribution in [0.2, 0.25) is 0 Å². The van der Waals surface area contributed by atoms with Crippen molar-refractivity contribution in [2.24, 2.45) is 5.92 Å². The van der Waals surface area contributed by atoms with Crippen molar-refractivity contribution in [2.45, 2.75) is 13.8 Å². The number of fused-ring (bicyclic) bond motifs is 1. The summed E-state index contributed by atoms with van der Waals surface area (Å²) in [6.45, 7) is 4.77. The van der Waals surface area contributed by atoms with Gasteiger partial charge in [-0.25, -0.2) is 0 Å². The lowest BCUT2D eigenvalue weighted by Crippen LogP contribution is -2.34. The second-order valence-electron chi connectivity index (χ2n) is 4.75. The largest absolute Gasteiger partial charge is 0.338 e. The van der Waals surface area contributed by atoms with E-state index in [1.165, 1.54) is 0 Å². The molecular formula is C16H17N3O. The molecule has 1 amide bonds. The standard InChI is InChI=1S/C16H17N3O/c1-3-19(11-12(2)10-17)16(20)14-8-9-18-15-7-5-4-6-13(14)15/h4-9,12H,3,11H2,1-2H3. The van der Waals surface area contributed by atoms with E-state index in [9.17, 15) is 4.79 Å². The number of benzene rings is 1. The molecule has 1 atom stereocenters. The number of hydrogen-bond acceptors (Lipinski definition) is 3. The zero-order valence-electron chi connectivity index (χ0n) is 11.7. The first-order valence-corrected chi connectivity index (χ1v) is 6.70. The molecule has 0 saturated heterocycles. The van der Waals surface area contributed by atoms with Crippen molar-refractivity contribution in [3.05, 3.63) is 42.1 Å². The van der Waals surface area contributed by atoms with Crippen LogP contribution in [0.25, 0.3) is 10.9 Å². The highest BCUT2D eigenvalue weighted by atomic mass is 16.2. The molecule has 0 aliphatic carbocycles. The fourth-order valence-electron chi connectivity index (χ4n) is 2.18. The maximum absolute atomic E-state index is 12.6. The molecule has 0 radical (unpaired) electrons. The molecule has 1 heterocycles. The van der Waals surface area contributed by atoms with Gasteiger partial charge in [-0.3, -0.25) is 9.78 Å². The Morgan fingerprint density at radius 1 is 1.40 bits per heavy atom. The number of carbonyl (C=O) groups excluding carboxylic acids is 1. The number of para-hydroxylation sites is 1. The normalized spacial score (nSPS) is 11.8. The van der Waals surface area contributed by atoms with Crippen molar-refractivity contribution < 1.29 is 4.79 Å². The summed E-state index contributed by atoms with van der Waals surface area (Å²) >= 11 is 0. The van der Waals surface area contributed by atoms with E-state index in [2.05, 4.69) is 11.1 Å². The van der Waals surface area contributed by atoms with Crippen LogP contribution in [0.4, 0.5) is 0 Å². The minimum Gasteiger partial charge on any atom is -0.338 e. The van der Waals surface area contributed by atoms with Crippen molar-refractivity contribution in [3.63, 3.8) is 0 Å². The predicted octanol–water partition coefficient (Wildman–Crippen LogP) is 2.86. The Morgan fingerprint density at radius 3 is 2.85 bits per heavy atom. The molecule has 0 bridgehead atoms. The Labute approximate surface area is 118 Å². The topological polar surface area (TPSA) is 57.0 Å². The lowest BCUT2D eigenvalue weighted by atomic mass is 10.1. The van der Waals surface area contributed by atoms with Crippen molar-refractivity contribution >= 4 is 16.8 Å². The molecule has 1 unspecified atom stereocenters. The lowest BCUT2D eigenvalue weighted by molar-refractivity contribution is 0.0754. The highest BCUT2D eigenvalue weighted by Gasteiger charge is 2.18. The quantitative estimate of drug-likeness (QED) is 0.855. The molecule has 2 aromatic rings. The average molecular weight is 267 g/mol. The molecule has 4 nitrogen and oxygen atoms in total. The maximum atomic E-state index is 12.6. The third-order valence-corrected chi connectivity index (χ3v) is 3.26. The number of amides is 1. The van der Waals surface area contributed by atoms with Crippen molar-refractivity contribution in [3.8, 4) is 6.07 Å². The molecular weight excluding hydrogens is 250 g/mol. The number of carbonyl (C=O) groups is 1. The molecule has 2 rings (SSSR count). The van der Waals surface area contributed by atoms with E-state index in [0.717, 1.165) is 10.9 Å². The Hall–Kier alpha value is -2.41. The maximum Gasteiger partial charge on any atom is 0.254 e. The first-order valence-electron chi connectivity index (χ1n) is 6.70. The van der Waals surface area contributed by atoms with Gasteiger partial charge in [0.15, 0.2) is 0 Å². The Kier molecular flexibility index (Phi) is 4.31. The van der Waals surface area contributed by atoms with Gasteiger partial charge in [0.05, 0.1) is 23.1 Å². The Bertz CT molecular complexity index is 655. The summed E-state index contributed by atoms with van der Waals surface area (Å²) in [6, 6.07) is 11.5. The van der Waals surface area contributed by atoms with E-state index in [4.69, 9.17) is 5.26 Å². The van der Waals surface area contributed by atoms with E-state index in [0.29, 0.717) is 18.7 Å². The molecule has 102 valence electrons. The summed E-state index contributed by atoms with van der Waals surface area (Å²) in [4.78, 5) is 18.6. The summed E-state index contributed by atoms with van der Waals surface area (Å²) < 4.78 is 0. The number of nitriles is 1. The van der Waals surface area contributed by atoms with E-state index < -0.39 is 0 Å². The van der Waals surface area contributed by atoms with Gasteiger partial charge in [0.1, 0.15) is 0 Å². The van der Waals surface area contributed by atoms with Gasteiger partial charge >= 0.3 is 0 Å². The van der Waals surface area contributed by atoms with Crippen molar-refractivity contribution in [1.29, 1.82) is 5.26 Å². The first-order chi connectivity index (χ1) is 9.67. The van der Waals surface area contributed by atoms with E-state index in [-0.39, 0.29) is 11.8 Å². The van der Waals surface area contributed by atoms with Gasteiger partial charge in [-0.05, 0) is 26.0 Å². The smallest absolute Gasteiger partial charge is 0.254 e. The van der Waals surface area contributed by atoms with Gasteiger partial charge in [0.2, 0.25) is 0 Å². The third-order valence-electron chi connectivity index (χ3n) is 3.26. The molecule has 1 aromatic heterocycles. The van der Waals surface area contributed by atoms with Gasteiger partial charge in [0, 0.05) is 24.7 Å². The van der Waals surface area contributed by atoms with Crippen molar-refractivity contribution in [2.75, 3.05) is 13.1 Å². The Balaban J connectivity index is 2.37. The number of hydrogen-bond donors (Lipinski definition) is 0. The summed E-state index contributed by atoms with van der Waals surface area (Å²) in [5, 5.41) is 9.76. The van der Waals surface area contributed by atoms with E-state index in [1.807, 2.05) is 38.1 Å². The van der Waals surface area contributed by atoms with E-state index >= 15 is 0 Å². The van der Waals surface area contributed by atoms with Gasteiger partial charge in [0.25, 0.3) is 5.91 Å². The SMILES string of the molecule is CCN(CC(C)C#N)C(=O)c1ccnc2ccccc12. The number of nitrogens with zero attached hydrogens (tertiary/aromatic N) is 3. The molecule has 0 fully saturated rings. The summed E-state index contributed by atoms with van der Waals surface area (Å²) in [5.41, 5.74) is 1.45. The summed E-state index contributed by atoms with van der Waals surface area (Å²) in [5.74, 6) is -0.222. The minimum atomic E-state index is -0.174. The van der Waals surface area contributed by atoms with Gasteiger partial charge < -0.3 is 4.90 Å². The van der Waals surface area contributed by atoms with Crippen molar-refractivity contribution in [1.82, 2.24) is 9.88 Å². The highest BCUT2D eigenvalue weighted by molar-refractivity contribution is 6.05. The van der Waals surface area contributed by atoms with Crippen LogP contribution in [0.1, 0.15) is 24.2 Å². The zero-order chi connectivity index (χ0) is 14.5. The molecule has 20 heavy (non-hydrogen) atoms. The van der Waals surface area contributed by atoms with Crippen LogP contribution in [-0.4, -0.2) is 28.9 Å².